The van der Waals surface area contributed by atoms with Crippen molar-refractivity contribution in [3.05, 3.63) is 150 Å². The van der Waals surface area contributed by atoms with Crippen LogP contribution in [0.5, 0.6) is 0 Å². The van der Waals surface area contributed by atoms with E-state index in [2.05, 4.69) is 116 Å². The van der Waals surface area contributed by atoms with Gasteiger partial charge >= 0.3 is 0 Å². The van der Waals surface area contributed by atoms with Crippen LogP contribution < -0.4 is 0 Å². The van der Waals surface area contributed by atoms with Crippen molar-refractivity contribution in [2.24, 2.45) is 4.99 Å². The number of aryl methyl sites for hydroxylation is 1. The summed E-state index contributed by atoms with van der Waals surface area (Å²) in [5.74, 6) is 0. The van der Waals surface area contributed by atoms with E-state index >= 15 is 0 Å². The molecule has 2 nitrogen and oxygen atoms in total. The van der Waals surface area contributed by atoms with Gasteiger partial charge in [-0.1, -0.05) is 115 Å². The van der Waals surface area contributed by atoms with Gasteiger partial charge in [-0.15, -0.1) is 0 Å². The molecule has 0 aliphatic heterocycles. The number of nitrogens with zero attached hydrogens (tertiary/aromatic N) is 2. The van der Waals surface area contributed by atoms with E-state index in [1.165, 1.54) is 33.4 Å². The molecule has 5 aromatic rings. The van der Waals surface area contributed by atoms with E-state index in [4.69, 9.17) is 9.98 Å². The van der Waals surface area contributed by atoms with Gasteiger partial charge in [0, 0.05) is 5.69 Å². The van der Waals surface area contributed by atoms with Gasteiger partial charge in [-0.05, 0) is 59.4 Å². The lowest BCUT2D eigenvalue weighted by Crippen LogP contribution is -2.08. The van der Waals surface area contributed by atoms with Crippen LogP contribution in [0.25, 0.3) is 22.3 Å². The van der Waals surface area contributed by atoms with Crippen molar-refractivity contribution in [3.63, 3.8) is 0 Å². The Kier molecular flexibility index (Phi) is 6.63. The first-order chi connectivity index (χ1) is 17.2. The van der Waals surface area contributed by atoms with Gasteiger partial charge in [-0.3, -0.25) is 9.98 Å². The molecule has 170 valence electrons. The summed E-state index contributed by atoms with van der Waals surface area (Å²) in [5, 5.41) is 0. The van der Waals surface area contributed by atoms with E-state index in [9.17, 15) is 0 Å². The molecule has 0 spiro atoms. The fraction of sp³-hybridized carbons (Fsp3) is 0.0909. The molecule has 0 unspecified atom stereocenters. The van der Waals surface area contributed by atoms with Crippen LogP contribution in [0, 0.1) is 6.92 Å². The van der Waals surface area contributed by atoms with Gasteiger partial charge in [0.15, 0.2) is 0 Å². The zero-order valence-electron chi connectivity index (χ0n) is 20.1. The minimum atomic E-state index is -0.190. The lowest BCUT2D eigenvalue weighted by molar-refractivity contribution is 0.874. The number of aliphatic imine (C=N–C) groups is 1. The molecular weight excluding hydrogens is 424 g/mol. The standard InChI is InChI=1S/C33H28N2/c1-24-14-13-23-32(34-24)25(2)35-33(30-21-11-9-19-28(30)26-15-5-3-6-16-26)31-22-12-10-20-29(31)27-17-7-4-8-18-27/h3-23,33H,1-2H3/b35-25+. The number of hydrogen-bond acceptors (Lipinski definition) is 2. The molecular formula is C33H28N2. The predicted molar refractivity (Wildman–Crippen MR) is 147 cm³/mol. The average molecular weight is 453 g/mol. The number of pyridine rings is 1. The van der Waals surface area contributed by atoms with Crippen LogP contribution >= 0.6 is 0 Å². The molecule has 0 N–H and O–H groups in total. The molecule has 0 aliphatic carbocycles. The van der Waals surface area contributed by atoms with Gasteiger partial charge < -0.3 is 0 Å². The largest absolute Gasteiger partial charge is 0.275 e. The Balaban J connectivity index is 1.74. The van der Waals surface area contributed by atoms with Crippen molar-refractivity contribution in [1.29, 1.82) is 0 Å². The Bertz CT molecular complexity index is 1370. The molecule has 0 saturated heterocycles. The smallest absolute Gasteiger partial charge is 0.102 e. The van der Waals surface area contributed by atoms with Crippen molar-refractivity contribution in [2.45, 2.75) is 19.9 Å². The highest BCUT2D eigenvalue weighted by molar-refractivity contribution is 5.97. The molecule has 4 aromatic carbocycles. The summed E-state index contributed by atoms with van der Waals surface area (Å²) in [7, 11) is 0. The molecule has 2 heteroatoms. The molecule has 0 bridgehead atoms. The average Bonchev–Trinajstić information content (AvgIpc) is 2.93. The molecule has 0 saturated carbocycles. The van der Waals surface area contributed by atoms with Crippen LogP contribution in [0.4, 0.5) is 0 Å². The maximum absolute atomic E-state index is 5.35. The summed E-state index contributed by atoms with van der Waals surface area (Å²) < 4.78 is 0. The highest BCUT2D eigenvalue weighted by Gasteiger charge is 2.21. The minimum Gasteiger partial charge on any atom is -0.275 e. The third kappa shape index (κ3) is 4.97. The van der Waals surface area contributed by atoms with Gasteiger partial charge in [0.1, 0.15) is 6.04 Å². The van der Waals surface area contributed by atoms with Crippen molar-refractivity contribution < 1.29 is 0 Å². The molecule has 1 aromatic heterocycles. The Labute approximate surface area is 207 Å². The SMILES string of the molecule is C/C(=N\C(c1ccccc1-c1ccccc1)c1ccccc1-c1ccccc1)c1cccc(C)n1. The van der Waals surface area contributed by atoms with Crippen LogP contribution in [0.1, 0.15) is 35.5 Å². The van der Waals surface area contributed by atoms with E-state index < -0.39 is 0 Å². The monoisotopic (exact) mass is 452 g/mol. The highest BCUT2D eigenvalue weighted by Crippen LogP contribution is 2.39. The molecule has 0 fully saturated rings. The molecule has 0 radical (unpaired) electrons. The van der Waals surface area contributed by atoms with E-state index in [1.54, 1.807) is 0 Å². The van der Waals surface area contributed by atoms with Crippen molar-refractivity contribution >= 4 is 5.71 Å². The summed E-state index contributed by atoms with van der Waals surface area (Å²) in [6, 6.07) is 44.2. The Morgan fingerprint density at radius 2 is 1.06 bits per heavy atom. The zero-order chi connectivity index (χ0) is 24.0. The maximum Gasteiger partial charge on any atom is 0.102 e. The molecule has 1 heterocycles. The summed E-state index contributed by atoms with van der Waals surface area (Å²) >= 11 is 0. The van der Waals surface area contributed by atoms with Crippen LogP contribution in [0.2, 0.25) is 0 Å². The molecule has 0 aliphatic rings. The molecule has 5 rings (SSSR count). The summed E-state index contributed by atoms with van der Waals surface area (Å²) in [5.41, 5.74) is 9.92. The fourth-order valence-electron chi connectivity index (χ4n) is 4.54. The normalized spacial score (nSPS) is 11.6. The van der Waals surface area contributed by atoms with Gasteiger partial charge in [0.25, 0.3) is 0 Å². The van der Waals surface area contributed by atoms with E-state index in [1.807, 2.05) is 25.1 Å². The summed E-state index contributed by atoms with van der Waals surface area (Å²) in [6.45, 7) is 4.08. The summed E-state index contributed by atoms with van der Waals surface area (Å²) in [4.78, 5) is 10.1. The number of benzene rings is 4. The van der Waals surface area contributed by atoms with Crippen LogP contribution in [0.15, 0.2) is 132 Å². The first kappa shape index (κ1) is 22.5. The summed E-state index contributed by atoms with van der Waals surface area (Å²) in [6.07, 6.45) is 0. The highest BCUT2D eigenvalue weighted by atomic mass is 14.8. The van der Waals surface area contributed by atoms with Crippen molar-refractivity contribution in [2.75, 3.05) is 0 Å². The maximum atomic E-state index is 5.35. The number of rotatable bonds is 6. The molecule has 0 amide bonds. The minimum absolute atomic E-state index is 0.190. The zero-order valence-corrected chi connectivity index (χ0v) is 20.1. The second kappa shape index (κ2) is 10.3. The van der Waals surface area contributed by atoms with Gasteiger partial charge in [0.05, 0.1) is 11.4 Å². The third-order valence-electron chi connectivity index (χ3n) is 6.26. The first-order valence-corrected chi connectivity index (χ1v) is 12.0. The fourth-order valence-corrected chi connectivity index (χ4v) is 4.54. The molecule has 0 atom stereocenters. The lowest BCUT2D eigenvalue weighted by Gasteiger charge is -2.22. The molecule has 35 heavy (non-hydrogen) atoms. The Morgan fingerprint density at radius 1 is 0.571 bits per heavy atom. The Hall–Kier alpha value is -4.30. The van der Waals surface area contributed by atoms with E-state index in [0.29, 0.717) is 0 Å². The van der Waals surface area contributed by atoms with Gasteiger partial charge in [-0.2, -0.15) is 0 Å². The van der Waals surface area contributed by atoms with E-state index in [0.717, 1.165) is 17.1 Å². The number of aromatic nitrogens is 1. The van der Waals surface area contributed by atoms with Crippen molar-refractivity contribution in [1.82, 2.24) is 4.98 Å². The second-order valence-electron chi connectivity index (χ2n) is 8.69. The topological polar surface area (TPSA) is 25.2 Å². The van der Waals surface area contributed by atoms with E-state index in [-0.39, 0.29) is 6.04 Å². The predicted octanol–water partition coefficient (Wildman–Crippen LogP) is 8.32. The lowest BCUT2D eigenvalue weighted by atomic mass is 9.87. The van der Waals surface area contributed by atoms with Crippen LogP contribution in [-0.4, -0.2) is 10.7 Å². The Morgan fingerprint density at radius 3 is 1.57 bits per heavy atom. The quantitative estimate of drug-likeness (QED) is 0.238. The first-order valence-electron chi connectivity index (χ1n) is 12.0. The second-order valence-corrected chi connectivity index (χ2v) is 8.69. The van der Waals surface area contributed by atoms with Crippen LogP contribution in [-0.2, 0) is 0 Å². The number of hydrogen-bond donors (Lipinski definition) is 0. The van der Waals surface area contributed by atoms with Gasteiger partial charge in [0.2, 0.25) is 0 Å². The third-order valence-corrected chi connectivity index (χ3v) is 6.26. The van der Waals surface area contributed by atoms with Gasteiger partial charge in [-0.25, -0.2) is 0 Å². The van der Waals surface area contributed by atoms with Crippen molar-refractivity contribution in [3.8, 4) is 22.3 Å². The van der Waals surface area contributed by atoms with Crippen LogP contribution in [0.3, 0.4) is 0 Å².